The summed E-state index contributed by atoms with van der Waals surface area (Å²) in [5.41, 5.74) is 3.31. The van der Waals surface area contributed by atoms with Gasteiger partial charge in [0.05, 0.1) is 36.3 Å². The fourth-order valence-corrected chi connectivity index (χ4v) is 5.91. The molecule has 5 rings (SSSR count). The molecule has 3 aliphatic rings. The van der Waals surface area contributed by atoms with Gasteiger partial charge in [-0.2, -0.15) is 11.8 Å². The molecule has 2 fully saturated rings. The van der Waals surface area contributed by atoms with Gasteiger partial charge in [-0.25, -0.2) is 9.98 Å². The van der Waals surface area contributed by atoms with Crippen molar-refractivity contribution in [3.63, 3.8) is 0 Å². The highest BCUT2D eigenvalue weighted by atomic mass is 32.2. The van der Waals surface area contributed by atoms with Crippen molar-refractivity contribution in [1.82, 2.24) is 14.5 Å². The second-order valence-electron chi connectivity index (χ2n) is 9.86. The third-order valence-electron chi connectivity index (χ3n) is 7.19. The fourth-order valence-electron chi connectivity index (χ4n) is 5.39. The summed E-state index contributed by atoms with van der Waals surface area (Å²) in [6.45, 7) is 11.1. The van der Waals surface area contributed by atoms with Crippen LogP contribution in [-0.4, -0.2) is 70.2 Å². The highest BCUT2D eigenvalue weighted by Crippen LogP contribution is 2.43. The van der Waals surface area contributed by atoms with Gasteiger partial charge in [0.2, 0.25) is 5.95 Å². The number of aromatic nitrogens is 2. The second kappa shape index (κ2) is 8.96. The molecule has 3 atom stereocenters. The summed E-state index contributed by atoms with van der Waals surface area (Å²) in [4.78, 5) is 12.6. The van der Waals surface area contributed by atoms with Crippen LogP contribution >= 0.6 is 11.8 Å². The van der Waals surface area contributed by atoms with E-state index in [0.717, 1.165) is 40.8 Å². The zero-order valence-electron chi connectivity index (χ0n) is 21.0. The lowest BCUT2D eigenvalue weighted by atomic mass is 9.85. The first-order valence-corrected chi connectivity index (χ1v) is 13.3. The Bertz CT molecular complexity index is 1180. The van der Waals surface area contributed by atoms with Crippen LogP contribution in [0.4, 0.5) is 5.95 Å². The van der Waals surface area contributed by atoms with E-state index in [9.17, 15) is 0 Å². The van der Waals surface area contributed by atoms with E-state index in [-0.39, 0.29) is 16.8 Å². The van der Waals surface area contributed by atoms with Gasteiger partial charge < -0.3 is 19.7 Å². The average Bonchev–Trinajstić information content (AvgIpc) is 3.20. The minimum Gasteiger partial charge on any atom is -0.487 e. The van der Waals surface area contributed by atoms with Crippen LogP contribution < -0.4 is 5.32 Å². The molecular weight excluding hydrogens is 446 g/mol. The van der Waals surface area contributed by atoms with E-state index < -0.39 is 0 Å². The number of anilines is 1. The van der Waals surface area contributed by atoms with E-state index in [1.165, 1.54) is 5.57 Å². The summed E-state index contributed by atoms with van der Waals surface area (Å²) in [7, 11) is 1.91. The zero-order valence-corrected chi connectivity index (χ0v) is 21.8. The summed E-state index contributed by atoms with van der Waals surface area (Å²) in [5, 5.41) is 3.27. The Morgan fingerprint density at radius 3 is 2.71 bits per heavy atom. The Kier molecular flexibility index (Phi) is 6.14. The van der Waals surface area contributed by atoms with Gasteiger partial charge in [-0.15, -0.1) is 0 Å². The predicted octanol–water partition coefficient (Wildman–Crippen LogP) is 4.83. The normalized spacial score (nSPS) is 27.7. The van der Waals surface area contributed by atoms with Crippen molar-refractivity contribution in [2.45, 2.75) is 50.9 Å². The Balaban J connectivity index is 1.76. The molecule has 34 heavy (non-hydrogen) atoms. The van der Waals surface area contributed by atoms with Gasteiger partial charge in [-0.1, -0.05) is 19.1 Å². The number of hydrogen-bond acceptors (Lipinski definition) is 7. The SMILES string of the molecule is CNc1nc2ccccc2n1C1=CCC(C)/C(C(C)(C)SC)=C2/OC[C@@H]3COC[C@@H](C)N3C2=N1. The molecule has 4 heterocycles. The van der Waals surface area contributed by atoms with Crippen molar-refractivity contribution < 1.29 is 9.47 Å². The third kappa shape index (κ3) is 3.81. The van der Waals surface area contributed by atoms with Crippen molar-refractivity contribution in [2.24, 2.45) is 10.9 Å². The minimum atomic E-state index is -0.0684. The summed E-state index contributed by atoms with van der Waals surface area (Å²) in [5.74, 6) is 3.82. The van der Waals surface area contributed by atoms with Gasteiger partial charge in [0.15, 0.2) is 11.6 Å². The summed E-state index contributed by atoms with van der Waals surface area (Å²) >= 11 is 1.86. The Hall–Kier alpha value is -2.45. The number of benzene rings is 1. The van der Waals surface area contributed by atoms with Gasteiger partial charge in [-0.3, -0.25) is 4.57 Å². The van der Waals surface area contributed by atoms with Crippen LogP contribution in [0.25, 0.3) is 16.9 Å². The van der Waals surface area contributed by atoms with Crippen molar-refractivity contribution in [3.8, 4) is 0 Å². The van der Waals surface area contributed by atoms with Gasteiger partial charge in [0, 0.05) is 11.8 Å². The Morgan fingerprint density at radius 2 is 1.94 bits per heavy atom. The minimum absolute atomic E-state index is 0.0684. The maximum Gasteiger partial charge on any atom is 0.209 e. The summed E-state index contributed by atoms with van der Waals surface area (Å²) in [6.07, 6.45) is 5.31. The second-order valence-corrected chi connectivity index (χ2v) is 11.3. The molecule has 2 aromatic rings. The molecular formula is C26H35N5O2S. The van der Waals surface area contributed by atoms with Crippen LogP contribution in [0.3, 0.4) is 0 Å². The third-order valence-corrected chi connectivity index (χ3v) is 8.43. The van der Waals surface area contributed by atoms with Gasteiger partial charge in [0.1, 0.15) is 12.4 Å². The number of nitrogens with one attached hydrogen (secondary N) is 1. The van der Waals surface area contributed by atoms with Crippen LogP contribution in [0.2, 0.25) is 0 Å². The number of fused-ring (bicyclic) bond motifs is 4. The van der Waals surface area contributed by atoms with Crippen LogP contribution in [0, 0.1) is 5.92 Å². The van der Waals surface area contributed by atoms with Gasteiger partial charge >= 0.3 is 0 Å². The number of nitrogens with zero attached hydrogens (tertiary/aromatic N) is 4. The number of rotatable bonds is 4. The van der Waals surface area contributed by atoms with Crippen molar-refractivity contribution >= 4 is 40.4 Å². The predicted molar refractivity (Wildman–Crippen MR) is 141 cm³/mol. The van der Waals surface area contributed by atoms with Crippen LogP contribution in [-0.2, 0) is 9.47 Å². The van der Waals surface area contributed by atoms with E-state index >= 15 is 0 Å². The number of ether oxygens (including phenoxy) is 2. The van der Waals surface area contributed by atoms with E-state index in [1.54, 1.807) is 0 Å². The maximum absolute atomic E-state index is 6.56. The lowest BCUT2D eigenvalue weighted by molar-refractivity contribution is -0.0436. The van der Waals surface area contributed by atoms with E-state index in [0.29, 0.717) is 25.7 Å². The highest BCUT2D eigenvalue weighted by molar-refractivity contribution is 8.00. The van der Waals surface area contributed by atoms with Crippen molar-refractivity contribution in [1.29, 1.82) is 0 Å². The van der Waals surface area contributed by atoms with E-state index in [2.05, 4.69) is 60.9 Å². The molecule has 2 saturated heterocycles. The fraction of sp³-hybridized carbons (Fsp3) is 0.538. The molecule has 0 aliphatic carbocycles. The number of aliphatic imine (C=N–C) groups is 1. The Morgan fingerprint density at radius 1 is 1.15 bits per heavy atom. The van der Waals surface area contributed by atoms with Crippen LogP contribution in [0.5, 0.6) is 0 Å². The van der Waals surface area contributed by atoms with E-state index in [4.69, 9.17) is 19.5 Å². The molecule has 7 nitrogen and oxygen atoms in total. The molecule has 182 valence electrons. The molecule has 1 aromatic heterocycles. The van der Waals surface area contributed by atoms with Gasteiger partial charge in [-0.05, 0) is 63.1 Å². The first-order valence-electron chi connectivity index (χ1n) is 12.1. The standard InChI is InChI=1S/C26H35N5O2S/c1-16-11-12-21(31-20-10-8-7-9-19(20)28-25(31)27-5)29-24-23(22(16)26(3,4)34-6)33-15-18-14-32-13-17(2)30(18)24/h7-10,12,16-18H,11,13-15H2,1-6H3,(H,27,28)/b21-12?,23-22-,29-24?/t16?,17-,18+/m1/s1. The Labute approximate surface area is 206 Å². The first-order chi connectivity index (χ1) is 16.4. The molecule has 1 aromatic carbocycles. The number of hydrogen-bond donors (Lipinski definition) is 1. The van der Waals surface area contributed by atoms with Gasteiger partial charge in [0.25, 0.3) is 0 Å². The van der Waals surface area contributed by atoms with Crippen LogP contribution in [0.1, 0.15) is 34.1 Å². The number of morpholine rings is 2. The molecule has 0 amide bonds. The number of imidazole rings is 1. The lowest BCUT2D eigenvalue weighted by Crippen LogP contribution is -2.59. The molecule has 1 N–H and O–H groups in total. The molecule has 3 aliphatic heterocycles. The molecule has 1 unspecified atom stereocenters. The largest absolute Gasteiger partial charge is 0.487 e. The smallest absolute Gasteiger partial charge is 0.209 e. The zero-order chi connectivity index (χ0) is 24.0. The number of amidine groups is 1. The van der Waals surface area contributed by atoms with Crippen molar-refractivity contribution in [3.05, 3.63) is 41.7 Å². The average molecular weight is 482 g/mol. The maximum atomic E-state index is 6.56. The quantitative estimate of drug-likeness (QED) is 0.675. The molecule has 8 heteroatoms. The number of allylic oxidation sites excluding steroid dienone is 1. The molecule has 0 saturated carbocycles. The van der Waals surface area contributed by atoms with Crippen LogP contribution in [0.15, 0.2) is 46.7 Å². The highest BCUT2D eigenvalue weighted by Gasteiger charge is 2.42. The number of thioether (sulfide) groups is 1. The monoisotopic (exact) mass is 481 g/mol. The summed E-state index contributed by atoms with van der Waals surface area (Å²) < 4.78 is 14.5. The molecule has 0 spiro atoms. The summed E-state index contributed by atoms with van der Waals surface area (Å²) in [6, 6.07) is 8.58. The lowest BCUT2D eigenvalue weighted by Gasteiger charge is -2.47. The number of para-hydroxylation sites is 2. The topological polar surface area (TPSA) is 63.9 Å². The molecule has 0 radical (unpaired) electrons. The van der Waals surface area contributed by atoms with E-state index in [1.807, 2.05) is 37.0 Å². The first kappa shape index (κ1) is 23.3. The van der Waals surface area contributed by atoms with Crippen molar-refractivity contribution in [2.75, 3.05) is 38.4 Å². The molecule has 0 bridgehead atoms.